The first-order chi connectivity index (χ1) is 8.29. The molecule has 17 heavy (non-hydrogen) atoms. The Hall–Kier alpha value is -1.42. The smallest absolute Gasteiger partial charge is 0.153 e. The van der Waals surface area contributed by atoms with Crippen molar-refractivity contribution in [3.8, 4) is 5.75 Å². The highest BCUT2D eigenvalue weighted by molar-refractivity contribution is 5.79. The van der Waals surface area contributed by atoms with E-state index in [1.54, 1.807) is 0 Å². The summed E-state index contributed by atoms with van der Waals surface area (Å²) in [4.78, 5) is 10.7. The highest BCUT2D eigenvalue weighted by Gasteiger charge is 2.15. The maximum absolute atomic E-state index is 12.9. The van der Waals surface area contributed by atoms with Gasteiger partial charge in [0.05, 0.1) is 18.3 Å². The van der Waals surface area contributed by atoms with E-state index in [1.807, 2.05) is 0 Å². The maximum atomic E-state index is 12.9. The Labute approximate surface area is 99.5 Å². The van der Waals surface area contributed by atoms with E-state index >= 15 is 0 Å². The van der Waals surface area contributed by atoms with Crippen molar-refractivity contribution in [1.82, 2.24) is 0 Å². The largest absolute Gasteiger partial charge is 0.493 e. The van der Waals surface area contributed by atoms with Gasteiger partial charge in [-0.15, -0.1) is 0 Å². The Morgan fingerprint density at radius 3 is 3.12 bits per heavy atom. The highest BCUT2D eigenvalue weighted by Crippen LogP contribution is 2.20. The van der Waals surface area contributed by atoms with E-state index in [2.05, 4.69) is 0 Å². The van der Waals surface area contributed by atoms with Gasteiger partial charge < -0.3 is 9.47 Å². The van der Waals surface area contributed by atoms with Crippen LogP contribution in [0.15, 0.2) is 18.2 Å². The topological polar surface area (TPSA) is 35.5 Å². The van der Waals surface area contributed by atoms with Gasteiger partial charge >= 0.3 is 0 Å². The molecular weight excluding hydrogens is 223 g/mol. The fraction of sp³-hybridized carbons (Fsp3) is 0.462. The summed E-state index contributed by atoms with van der Waals surface area (Å²) < 4.78 is 23.8. The Morgan fingerprint density at radius 2 is 2.41 bits per heavy atom. The molecule has 2 rings (SSSR count). The molecule has 0 aliphatic carbocycles. The van der Waals surface area contributed by atoms with E-state index in [1.165, 1.54) is 18.2 Å². The van der Waals surface area contributed by atoms with Crippen LogP contribution in [0.3, 0.4) is 0 Å². The van der Waals surface area contributed by atoms with Gasteiger partial charge in [0.1, 0.15) is 11.6 Å². The van der Waals surface area contributed by atoms with E-state index in [0.29, 0.717) is 18.6 Å². The normalized spacial score (nSPS) is 19.2. The SMILES string of the molecule is O=Cc1cc(F)ccc1OCCC1CCCO1. The summed E-state index contributed by atoms with van der Waals surface area (Å²) in [6, 6.07) is 3.94. The van der Waals surface area contributed by atoms with Gasteiger partial charge in [-0.1, -0.05) is 0 Å². The number of aldehydes is 1. The second kappa shape index (κ2) is 5.77. The molecule has 4 heteroatoms. The molecule has 1 atom stereocenters. The number of carbonyl (C=O) groups is 1. The molecule has 0 N–H and O–H groups in total. The summed E-state index contributed by atoms with van der Waals surface area (Å²) in [5, 5.41) is 0. The summed E-state index contributed by atoms with van der Waals surface area (Å²) in [6.07, 6.45) is 3.82. The zero-order chi connectivity index (χ0) is 12.1. The van der Waals surface area contributed by atoms with Crippen molar-refractivity contribution in [1.29, 1.82) is 0 Å². The minimum absolute atomic E-state index is 0.248. The molecule has 0 aromatic heterocycles. The summed E-state index contributed by atoms with van der Waals surface area (Å²) in [5.41, 5.74) is 0.248. The van der Waals surface area contributed by atoms with Gasteiger partial charge in [0, 0.05) is 13.0 Å². The van der Waals surface area contributed by atoms with Crippen molar-refractivity contribution >= 4 is 6.29 Å². The standard InChI is InChI=1S/C13H15FO3/c14-11-3-4-13(10(8-11)9-15)17-7-5-12-2-1-6-16-12/h3-4,8-9,12H,1-2,5-7H2. The molecule has 1 unspecified atom stereocenters. The fourth-order valence-electron chi connectivity index (χ4n) is 1.92. The number of ether oxygens (including phenoxy) is 2. The van der Waals surface area contributed by atoms with Crippen LogP contribution in [-0.2, 0) is 4.74 Å². The Balaban J connectivity index is 1.87. The van der Waals surface area contributed by atoms with E-state index in [0.717, 1.165) is 25.9 Å². The number of hydrogen-bond acceptors (Lipinski definition) is 3. The Morgan fingerprint density at radius 1 is 1.53 bits per heavy atom. The predicted molar refractivity (Wildman–Crippen MR) is 60.9 cm³/mol. The zero-order valence-electron chi connectivity index (χ0n) is 9.52. The third-order valence-electron chi connectivity index (χ3n) is 2.82. The van der Waals surface area contributed by atoms with Crippen LogP contribution in [0.5, 0.6) is 5.75 Å². The molecule has 0 spiro atoms. The van der Waals surface area contributed by atoms with E-state index in [4.69, 9.17) is 9.47 Å². The summed E-state index contributed by atoms with van der Waals surface area (Å²) in [6.45, 7) is 1.30. The fourth-order valence-corrected chi connectivity index (χ4v) is 1.92. The van der Waals surface area contributed by atoms with Crippen LogP contribution in [0.25, 0.3) is 0 Å². The van der Waals surface area contributed by atoms with Gasteiger partial charge in [-0.05, 0) is 31.0 Å². The lowest BCUT2D eigenvalue weighted by Gasteiger charge is -2.11. The molecule has 1 aromatic carbocycles. The van der Waals surface area contributed by atoms with Gasteiger partial charge in [0.15, 0.2) is 6.29 Å². The molecule has 92 valence electrons. The van der Waals surface area contributed by atoms with Crippen LogP contribution in [0.2, 0.25) is 0 Å². The third kappa shape index (κ3) is 3.27. The Kier molecular flexibility index (Phi) is 4.09. The van der Waals surface area contributed by atoms with Crippen LogP contribution in [-0.4, -0.2) is 25.6 Å². The molecule has 0 amide bonds. The maximum Gasteiger partial charge on any atom is 0.153 e. The molecule has 1 heterocycles. The molecule has 0 bridgehead atoms. The van der Waals surface area contributed by atoms with Crippen molar-refractivity contribution in [3.05, 3.63) is 29.6 Å². The van der Waals surface area contributed by atoms with Gasteiger partial charge in [-0.25, -0.2) is 4.39 Å². The highest BCUT2D eigenvalue weighted by atomic mass is 19.1. The van der Waals surface area contributed by atoms with Crippen molar-refractivity contribution in [2.24, 2.45) is 0 Å². The predicted octanol–water partition coefficient (Wildman–Crippen LogP) is 2.59. The van der Waals surface area contributed by atoms with E-state index in [-0.39, 0.29) is 11.7 Å². The first-order valence-corrected chi connectivity index (χ1v) is 5.79. The molecule has 1 aliphatic heterocycles. The zero-order valence-corrected chi connectivity index (χ0v) is 9.52. The van der Waals surface area contributed by atoms with Crippen molar-refractivity contribution < 1.29 is 18.7 Å². The van der Waals surface area contributed by atoms with Gasteiger partial charge in [0.25, 0.3) is 0 Å². The summed E-state index contributed by atoms with van der Waals surface area (Å²) in [7, 11) is 0. The van der Waals surface area contributed by atoms with Crippen molar-refractivity contribution in [2.75, 3.05) is 13.2 Å². The van der Waals surface area contributed by atoms with Crippen LogP contribution >= 0.6 is 0 Å². The minimum atomic E-state index is -0.432. The van der Waals surface area contributed by atoms with Gasteiger partial charge in [-0.3, -0.25) is 4.79 Å². The van der Waals surface area contributed by atoms with E-state index in [9.17, 15) is 9.18 Å². The molecule has 1 aromatic rings. The molecule has 1 saturated heterocycles. The van der Waals surface area contributed by atoms with Crippen molar-refractivity contribution in [3.63, 3.8) is 0 Å². The number of hydrogen-bond donors (Lipinski definition) is 0. The minimum Gasteiger partial charge on any atom is -0.493 e. The average molecular weight is 238 g/mol. The summed E-state index contributed by atoms with van der Waals surface area (Å²) >= 11 is 0. The van der Waals surface area contributed by atoms with Crippen LogP contribution in [0, 0.1) is 5.82 Å². The first-order valence-electron chi connectivity index (χ1n) is 5.79. The second-order valence-electron chi connectivity index (χ2n) is 4.07. The van der Waals surface area contributed by atoms with Crippen molar-refractivity contribution in [2.45, 2.75) is 25.4 Å². The van der Waals surface area contributed by atoms with Crippen LogP contribution in [0.4, 0.5) is 4.39 Å². The quantitative estimate of drug-likeness (QED) is 0.740. The lowest BCUT2D eigenvalue weighted by molar-refractivity contribution is 0.0901. The first kappa shape index (κ1) is 12.0. The number of benzene rings is 1. The van der Waals surface area contributed by atoms with E-state index < -0.39 is 5.82 Å². The molecule has 1 fully saturated rings. The monoisotopic (exact) mass is 238 g/mol. The van der Waals surface area contributed by atoms with Crippen LogP contribution < -0.4 is 4.74 Å². The lowest BCUT2D eigenvalue weighted by Crippen LogP contribution is -2.11. The molecule has 0 saturated carbocycles. The molecule has 3 nitrogen and oxygen atoms in total. The Bertz CT molecular complexity index is 386. The molecule has 0 radical (unpaired) electrons. The molecule has 1 aliphatic rings. The number of carbonyl (C=O) groups excluding carboxylic acids is 1. The summed E-state index contributed by atoms with van der Waals surface area (Å²) in [5.74, 6) is -0.00188. The number of rotatable bonds is 5. The lowest BCUT2D eigenvalue weighted by atomic mass is 10.2. The molecular formula is C13H15FO3. The number of halogens is 1. The second-order valence-corrected chi connectivity index (χ2v) is 4.07. The van der Waals surface area contributed by atoms with Gasteiger partial charge in [0.2, 0.25) is 0 Å². The van der Waals surface area contributed by atoms with Crippen LogP contribution in [0.1, 0.15) is 29.6 Å². The third-order valence-corrected chi connectivity index (χ3v) is 2.82. The van der Waals surface area contributed by atoms with Gasteiger partial charge in [-0.2, -0.15) is 0 Å². The average Bonchev–Trinajstić information content (AvgIpc) is 2.84.